The molecule has 2 N–H and O–H groups in total. The first-order chi connectivity index (χ1) is 15.0. The van der Waals surface area contributed by atoms with Crippen molar-refractivity contribution in [1.82, 2.24) is 0 Å². The van der Waals surface area contributed by atoms with Crippen LogP contribution in [0.1, 0.15) is 10.4 Å². The molecule has 0 atom stereocenters. The highest BCUT2D eigenvalue weighted by Crippen LogP contribution is 2.39. The van der Waals surface area contributed by atoms with Crippen molar-refractivity contribution in [2.75, 3.05) is 0 Å². The zero-order chi connectivity index (χ0) is 21.7. The molecule has 31 heavy (non-hydrogen) atoms. The van der Waals surface area contributed by atoms with Crippen molar-refractivity contribution < 1.29 is 19.4 Å². The van der Waals surface area contributed by atoms with E-state index in [0.29, 0.717) is 44.5 Å². The fraction of sp³-hybridized carbons (Fsp3) is 0. The molecule has 0 radical (unpaired) electrons. The van der Waals surface area contributed by atoms with Crippen molar-refractivity contribution in [3.8, 4) is 11.1 Å². The van der Waals surface area contributed by atoms with Crippen molar-refractivity contribution in [3.05, 3.63) is 98.0 Å². The van der Waals surface area contributed by atoms with E-state index < -0.39 is 11.4 Å². The second kappa shape index (κ2) is 6.81. The van der Waals surface area contributed by atoms with Gasteiger partial charge in [-0.1, -0.05) is 24.3 Å². The molecular weight excluding hydrogens is 396 g/mol. The number of rotatable bonds is 2. The highest BCUT2D eigenvalue weighted by molar-refractivity contribution is 6.17. The smallest absolute Gasteiger partial charge is 0.336 e. The lowest BCUT2D eigenvalue weighted by atomic mass is 9.92. The quantitative estimate of drug-likeness (QED) is 0.338. The van der Waals surface area contributed by atoms with Crippen LogP contribution in [0.2, 0.25) is 0 Å². The highest BCUT2D eigenvalue weighted by Gasteiger charge is 2.20. The van der Waals surface area contributed by atoms with Crippen molar-refractivity contribution in [2.45, 2.75) is 0 Å². The Bertz CT molecular complexity index is 1710. The molecule has 0 fully saturated rings. The molecule has 0 aliphatic carbocycles. The Morgan fingerprint density at radius 1 is 0.839 bits per heavy atom. The molecule has 0 aliphatic rings. The van der Waals surface area contributed by atoms with Gasteiger partial charge < -0.3 is 14.6 Å². The molecule has 0 bridgehead atoms. The number of fused-ring (bicyclic) bond motifs is 4. The van der Waals surface area contributed by atoms with Gasteiger partial charge in [0.2, 0.25) is 0 Å². The van der Waals surface area contributed by atoms with Crippen molar-refractivity contribution in [1.29, 1.82) is 0 Å². The third-order valence-corrected chi connectivity index (χ3v) is 5.40. The summed E-state index contributed by atoms with van der Waals surface area (Å²) in [6.45, 7) is 0. The van der Waals surface area contributed by atoms with Gasteiger partial charge in [-0.2, -0.15) is 0 Å². The van der Waals surface area contributed by atoms with Crippen LogP contribution in [0.5, 0.6) is 0 Å². The van der Waals surface area contributed by atoms with Crippen molar-refractivity contribution in [3.63, 3.8) is 0 Å². The van der Waals surface area contributed by atoms with E-state index >= 15 is 0 Å². The summed E-state index contributed by atoms with van der Waals surface area (Å²) in [5.74, 6) is -1.09. The van der Waals surface area contributed by atoms with Crippen LogP contribution in [-0.4, -0.2) is 16.2 Å². The molecule has 0 unspecified atom stereocenters. The van der Waals surface area contributed by atoms with Gasteiger partial charge in [0.1, 0.15) is 11.2 Å². The van der Waals surface area contributed by atoms with Crippen LogP contribution in [0, 0.1) is 0 Å². The maximum Gasteiger partial charge on any atom is 0.336 e. The van der Waals surface area contributed by atoms with Crippen molar-refractivity contribution >= 4 is 44.9 Å². The van der Waals surface area contributed by atoms with E-state index in [1.54, 1.807) is 42.5 Å². The van der Waals surface area contributed by atoms with E-state index in [4.69, 9.17) is 4.42 Å². The standard InChI is InChI=1S/C25H14O6/c26-12-20-21(28)10-9-19-22(16-3-1-2-4-17(16)25(29)30)18-7-5-13-11-14(27)6-8-15(13)23(18)31-24(19)20/h1-12,26H,(H,29,30). The number of benzene rings is 4. The Morgan fingerprint density at radius 2 is 1.55 bits per heavy atom. The van der Waals surface area contributed by atoms with Gasteiger partial charge in [-0.3, -0.25) is 9.59 Å². The summed E-state index contributed by atoms with van der Waals surface area (Å²) < 4.78 is 6.12. The van der Waals surface area contributed by atoms with Crippen LogP contribution >= 0.6 is 0 Å². The molecule has 0 amide bonds. The van der Waals surface area contributed by atoms with Gasteiger partial charge in [-0.15, -0.1) is 0 Å². The van der Waals surface area contributed by atoms with E-state index in [1.807, 2.05) is 0 Å². The molecule has 0 spiro atoms. The van der Waals surface area contributed by atoms with Gasteiger partial charge in [-0.25, -0.2) is 4.79 Å². The van der Waals surface area contributed by atoms with Gasteiger partial charge in [0.15, 0.2) is 10.9 Å². The van der Waals surface area contributed by atoms with E-state index in [1.165, 1.54) is 24.3 Å². The van der Waals surface area contributed by atoms with E-state index in [-0.39, 0.29) is 21.8 Å². The summed E-state index contributed by atoms with van der Waals surface area (Å²) in [5.41, 5.74) is 1.03. The number of aromatic carboxylic acids is 1. The molecule has 5 rings (SSSR count). The average molecular weight is 410 g/mol. The number of carbonyl (C=O) groups is 1. The van der Waals surface area contributed by atoms with Gasteiger partial charge in [0.25, 0.3) is 0 Å². The number of hydrogen-bond acceptors (Lipinski definition) is 5. The summed E-state index contributed by atoms with van der Waals surface area (Å²) in [7, 11) is 0. The molecule has 1 aromatic heterocycles. The number of carboxylic acid groups (broad SMARTS) is 1. The summed E-state index contributed by atoms with van der Waals surface area (Å²) in [6.07, 6.45) is 0.688. The van der Waals surface area contributed by atoms with Crippen LogP contribution in [-0.2, 0) is 0 Å². The molecule has 0 saturated heterocycles. The Kier molecular flexibility index (Phi) is 4.08. The second-order valence-corrected chi connectivity index (χ2v) is 7.14. The predicted octanol–water partition coefficient (Wildman–Crippen LogP) is 3.84. The van der Waals surface area contributed by atoms with E-state index in [9.17, 15) is 24.6 Å². The maximum absolute atomic E-state index is 12.3. The normalized spacial score (nSPS) is 12.1. The second-order valence-electron chi connectivity index (χ2n) is 7.14. The lowest BCUT2D eigenvalue weighted by Gasteiger charge is -2.14. The number of aliphatic hydroxyl groups excluding tert-OH is 1. The number of aliphatic hydroxyl groups is 1. The fourth-order valence-electron chi connectivity index (χ4n) is 4.02. The first-order valence-electron chi connectivity index (χ1n) is 9.43. The summed E-state index contributed by atoms with van der Waals surface area (Å²) >= 11 is 0. The molecule has 6 nitrogen and oxygen atoms in total. The average Bonchev–Trinajstić information content (AvgIpc) is 2.77. The first kappa shape index (κ1) is 18.6. The van der Waals surface area contributed by atoms with Crippen molar-refractivity contribution in [2.24, 2.45) is 0 Å². The Balaban J connectivity index is 2.12. The molecule has 0 saturated carbocycles. The van der Waals surface area contributed by atoms with Crippen LogP contribution in [0.15, 0.2) is 80.7 Å². The predicted molar refractivity (Wildman–Crippen MR) is 118 cm³/mol. The third-order valence-electron chi connectivity index (χ3n) is 5.40. The zero-order valence-electron chi connectivity index (χ0n) is 16.0. The first-order valence-corrected chi connectivity index (χ1v) is 9.43. The monoisotopic (exact) mass is 410 g/mol. The van der Waals surface area contributed by atoms with Gasteiger partial charge in [0.05, 0.1) is 17.0 Å². The molecule has 150 valence electrons. The van der Waals surface area contributed by atoms with Crippen LogP contribution in [0.3, 0.4) is 0 Å². The summed E-state index contributed by atoms with van der Waals surface area (Å²) in [4.78, 5) is 36.1. The van der Waals surface area contributed by atoms with Gasteiger partial charge >= 0.3 is 5.97 Å². The lowest BCUT2D eigenvalue weighted by Crippen LogP contribution is -2.23. The molecule has 4 aromatic carbocycles. The summed E-state index contributed by atoms with van der Waals surface area (Å²) in [5, 5.41) is 21.8. The van der Waals surface area contributed by atoms with Gasteiger partial charge in [-0.05, 0) is 53.4 Å². The van der Waals surface area contributed by atoms with E-state index in [2.05, 4.69) is 0 Å². The SMILES string of the molecule is O=C(O)c1ccccc1-c1c2ccc(=O)c(=CO)c2oc2c1ccc1cc(=O)ccc12. The molecule has 5 aromatic rings. The number of hydrogen-bond donors (Lipinski definition) is 2. The minimum atomic E-state index is -1.09. The highest BCUT2D eigenvalue weighted by atomic mass is 16.4. The Morgan fingerprint density at radius 3 is 2.32 bits per heavy atom. The van der Waals surface area contributed by atoms with Crippen LogP contribution in [0.25, 0.3) is 50.1 Å². The molecule has 1 heterocycles. The van der Waals surface area contributed by atoms with E-state index in [0.717, 1.165) is 0 Å². The topological polar surface area (TPSA) is 105 Å². The van der Waals surface area contributed by atoms with Crippen LogP contribution in [0.4, 0.5) is 0 Å². The Labute approximate surface area is 173 Å². The Hall–Kier alpha value is -4.45. The lowest BCUT2D eigenvalue weighted by molar-refractivity contribution is 0.0697. The molecule has 6 heteroatoms. The fourth-order valence-corrected chi connectivity index (χ4v) is 4.02. The zero-order valence-corrected chi connectivity index (χ0v) is 16.0. The minimum absolute atomic E-state index is 0.0362. The number of carboxylic acids is 1. The molecule has 0 aliphatic heterocycles. The molecular formula is C25H14O6. The largest absolute Gasteiger partial charge is 0.515 e. The summed E-state index contributed by atoms with van der Waals surface area (Å²) in [6, 6.07) is 17.5. The van der Waals surface area contributed by atoms with Gasteiger partial charge in [0, 0.05) is 21.7 Å². The maximum atomic E-state index is 12.3. The third kappa shape index (κ3) is 2.77. The minimum Gasteiger partial charge on any atom is -0.515 e. The van der Waals surface area contributed by atoms with Crippen LogP contribution < -0.4 is 16.1 Å².